The van der Waals surface area contributed by atoms with E-state index in [2.05, 4.69) is 5.32 Å². The molecule has 1 aliphatic heterocycles. The highest BCUT2D eigenvalue weighted by Gasteiger charge is 2.28. The second kappa shape index (κ2) is 4.00. The molecule has 1 heterocycles. The normalized spacial score (nSPS) is 20.2. The topological polar surface area (TPSA) is 58.4 Å². The lowest BCUT2D eigenvalue weighted by Gasteiger charge is -2.13. The van der Waals surface area contributed by atoms with E-state index in [0.29, 0.717) is 11.4 Å². The van der Waals surface area contributed by atoms with E-state index in [-0.39, 0.29) is 11.9 Å². The van der Waals surface area contributed by atoms with E-state index in [1.165, 1.54) is 12.1 Å². The van der Waals surface area contributed by atoms with Gasteiger partial charge in [0.1, 0.15) is 11.9 Å². The number of amides is 1. The number of hydrogen-bond acceptors (Lipinski definition) is 3. The third-order valence-electron chi connectivity index (χ3n) is 2.69. The van der Waals surface area contributed by atoms with Gasteiger partial charge in [0.05, 0.1) is 0 Å². The molecule has 0 radical (unpaired) electrons. The van der Waals surface area contributed by atoms with E-state index < -0.39 is 5.82 Å². The third-order valence-corrected chi connectivity index (χ3v) is 2.69. The summed E-state index contributed by atoms with van der Waals surface area (Å²) < 4.78 is 13.1. The van der Waals surface area contributed by atoms with Crippen molar-refractivity contribution in [3.05, 3.63) is 24.0 Å². The van der Waals surface area contributed by atoms with Crippen LogP contribution < -0.4 is 11.1 Å². The van der Waals surface area contributed by atoms with Crippen LogP contribution in [0, 0.1) is 5.82 Å². The van der Waals surface area contributed by atoms with Gasteiger partial charge in [0.2, 0.25) is 5.91 Å². The van der Waals surface area contributed by atoms with E-state index in [0.717, 1.165) is 13.0 Å². The van der Waals surface area contributed by atoms with Crippen LogP contribution in [0.3, 0.4) is 0 Å². The number of carbonyl (C=O) groups is 1. The molecule has 1 amide bonds. The van der Waals surface area contributed by atoms with Crippen LogP contribution in [0.2, 0.25) is 0 Å². The monoisotopic (exact) mass is 223 g/mol. The molecule has 0 saturated carbocycles. The predicted octanol–water partition coefficient (Wildman–Crippen LogP) is 1.05. The number of nitrogens with two attached hydrogens (primary N) is 1. The zero-order valence-corrected chi connectivity index (χ0v) is 9.03. The number of carbonyl (C=O) groups excluding carboxylic acids is 1. The molecule has 1 aromatic rings. The molecule has 0 bridgehead atoms. The van der Waals surface area contributed by atoms with Crippen molar-refractivity contribution in [1.82, 2.24) is 4.90 Å². The number of rotatable bonds is 2. The zero-order chi connectivity index (χ0) is 11.7. The average Bonchev–Trinajstić information content (AvgIpc) is 2.48. The molecule has 0 aromatic heterocycles. The number of anilines is 2. The Kier molecular flexibility index (Phi) is 2.68. The van der Waals surface area contributed by atoms with Crippen LogP contribution in [0.1, 0.15) is 6.42 Å². The Bertz CT molecular complexity index is 401. The minimum Gasteiger partial charge on any atom is -0.399 e. The van der Waals surface area contributed by atoms with Crippen molar-refractivity contribution in [1.29, 1.82) is 0 Å². The average molecular weight is 223 g/mol. The summed E-state index contributed by atoms with van der Waals surface area (Å²) in [6.45, 7) is 0.724. The number of nitrogen functional groups attached to an aromatic ring is 1. The van der Waals surface area contributed by atoms with Crippen LogP contribution in [0.5, 0.6) is 0 Å². The number of halogens is 1. The van der Waals surface area contributed by atoms with Gasteiger partial charge in [-0.15, -0.1) is 0 Å². The molecule has 1 aromatic carbocycles. The first-order chi connectivity index (χ1) is 7.56. The minimum atomic E-state index is -0.402. The molecule has 1 fully saturated rings. The lowest BCUT2D eigenvalue weighted by Crippen LogP contribution is -2.30. The predicted molar refractivity (Wildman–Crippen MR) is 60.5 cm³/mol. The van der Waals surface area contributed by atoms with Gasteiger partial charge in [0.15, 0.2) is 0 Å². The first-order valence-electron chi connectivity index (χ1n) is 5.14. The van der Waals surface area contributed by atoms with Crippen LogP contribution in [-0.4, -0.2) is 30.4 Å². The fraction of sp³-hybridized carbons (Fsp3) is 0.364. The molecule has 5 heteroatoms. The number of hydrogen-bond donors (Lipinski definition) is 2. The Hall–Kier alpha value is -1.78. The van der Waals surface area contributed by atoms with E-state index in [4.69, 9.17) is 5.73 Å². The summed E-state index contributed by atoms with van der Waals surface area (Å²) in [5.74, 6) is -0.371. The molecule has 1 saturated heterocycles. The summed E-state index contributed by atoms with van der Waals surface area (Å²) in [5, 5.41) is 2.99. The minimum absolute atomic E-state index is 0.0304. The third kappa shape index (κ3) is 2.08. The van der Waals surface area contributed by atoms with Crippen molar-refractivity contribution in [2.75, 3.05) is 24.6 Å². The maximum Gasteiger partial charge on any atom is 0.244 e. The molecule has 1 atom stereocenters. The summed E-state index contributed by atoms with van der Waals surface area (Å²) in [7, 11) is 1.75. The summed E-state index contributed by atoms with van der Waals surface area (Å²) >= 11 is 0. The molecule has 2 rings (SSSR count). The Labute approximate surface area is 93.2 Å². The van der Waals surface area contributed by atoms with Gasteiger partial charge in [-0.3, -0.25) is 4.79 Å². The first kappa shape index (κ1) is 10.7. The molecular formula is C11H14FN3O. The summed E-state index contributed by atoms with van der Waals surface area (Å²) in [6.07, 6.45) is 0.728. The van der Waals surface area contributed by atoms with Gasteiger partial charge < -0.3 is 16.0 Å². The van der Waals surface area contributed by atoms with Gasteiger partial charge in [-0.1, -0.05) is 0 Å². The van der Waals surface area contributed by atoms with Crippen molar-refractivity contribution in [2.24, 2.45) is 0 Å². The highest BCUT2D eigenvalue weighted by Crippen LogP contribution is 2.19. The number of benzene rings is 1. The van der Waals surface area contributed by atoms with Crippen LogP contribution in [-0.2, 0) is 4.79 Å². The van der Waals surface area contributed by atoms with E-state index in [1.54, 1.807) is 18.0 Å². The van der Waals surface area contributed by atoms with Crippen molar-refractivity contribution >= 4 is 17.3 Å². The summed E-state index contributed by atoms with van der Waals surface area (Å²) in [5.41, 5.74) is 6.42. The maximum atomic E-state index is 13.1. The standard InChI is InChI=1S/C11H14FN3O/c1-15-3-2-10(11(15)16)14-9-5-7(12)4-8(13)6-9/h4-6,10,14H,2-3,13H2,1H3. The Morgan fingerprint density at radius 1 is 1.50 bits per heavy atom. The number of likely N-dealkylation sites (tertiary alicyclic amines) is 1. The quantitative estimate of drug-likeness (QED) is 0.737. The van der Waals surface area contributed by atoms with Gasteiger partial charge >= 0.3 is 0 Å². The molecule has 1 unspecified atom stereocenters. The molecule has 16 heavy (non-hydrogen) atoms. The second-order valence-electron chi connectivity index (χ2n) is 4.02. The van der Waals surface area contributed by atoms with Gasteiger partial charge in [-0.25, -0.2) is 4.39 Å². The van der Waals surface area contributed by atoms with E-state index >= 15 is 0 Å². The lowest BCUT2D eigenvalue weighted by molar-refractivity contribution is -0.127. The zero-order valence-electron chi connectivity index (χ0n) is 9.03. The van der Waals surface area contributed by atoms with Gasteiger partial charge in [-0.05, 0) is 24.6 Å². The van der Waals surface area contributed by atoms with Crippen LogP contribution in [0.4, 0.5) is 15.8 Å². The van der Waals surface area contributed by atoms with Gasteiger partial charge in [0.25, 0.3) is 0 Å². The summed E-state index contributed by atoms with van der Waals surface area (Å²) in [6, 6.07) is 3.93. The number of nitrogens with one attached hydrogen (secondary N) is 1. The smallest absolute Gasteiger partial charge is 0.244 e. The molecular weight excluding hydrogens is 209 g/mol. The molecule has 4 nitrogen and oxygen atoms in total. The van der Waals surface area contributed by atoms with Crippen LogP contribution in [0.15, 0.2) is 18.2 Å². The first-order valence-corrected chi connectivity index (χ1v) is 5.14. The van der Waals surface area contributed by atoms with Crippen molar-refractivity contribution in [3.8, 4) is 0 Å². The highest BCUT2D eigenvalue weighted by atomic mass is 19.1. The van der Waals surface area contributed by atoms with E-state index in [1.807, 2.05) is 0 Å². The maximum absolute atomic E-state index is 13.1. The fourth-order valence-corrected chi connectivity index (χ4v) is 1.85. The lowest BCUT2D eigenvalue weighted by atomic mass is 10.2. The number of nitrogens with zero attached hydrogens (tertiary/aromatic N) is 1. The molecule has 3 N–H and O–H groups in total. The van der Waals surface area contributed by atoms with Crippen LogP contribution >= 0.6 is 0 Å². The largest absolute Gasteiger partial charge is 0.399 e. The highest BCUT2D eigenvalue weighted by molar-refractivity contribution is 5.86. The SMILES string of the molecule is CN1CCC(Nc2cc(N)cc(F)c2)C1=O. The molecule has 0 spiro atoms. The van der Waals surface area contributed by atoms with Crippen molar-refractivity contribution in [2.45, 2.75) is 12.5 Å². The van der Waals surface area contributed by atoms with Crippen LogP contribution in [0.25, 0.3) is 0 Å². The molecule has 1 aliphatic rings. The fourth-order valence-electron chi connectivity index (χ4n) is 1.85. The number of likely N-dealkylation sites (N-methyl/N-ethyl adjacent to an activating group) is 1. The molecule has 86 valence electrons. The van der Waals surface area contributed by atoms with Crippen molar-refractivity contribution < 1.29 is 9.18 Å². The summed E-state index contributed by atoms with van der Waals surface area (Å²) in [4.78, 5) is 13.3. The second-order valence-corrected chi connectivity index (χ2v) is 4.02. The van der Waals surface area contributed by atoms with Crippen molar-refractivity contribution in [3.63, 3.8) is 0 Å². The Morgan fingerprint density at radius 3 is 2.81 bits per heavy atom. The Balaban J connectivity index is 2.12. The van der Waals surface area contributed by atoms with E-state index in [9.17, 15) is 9.18 Å². The van der Waals surface area contributed by atoms with Gasteiger partial charge in [0, 0.05) is 25.0 Å². The van der Waals surface area contributed by atoms with Gasteiger partial charge in [-0.2, -0.15) is 0 Å². The molecule has 0 aliphatic carbocycles. The Morgan fingerprint density at radius 2 is 2.25 bits per heavy atom.